The van der Waals surface area contributed by atoms with Crippen molar-refractivity contribution in [3.63, 3.8) is 0 Å². The van der Waals surface area contributed by atoms with Gasteiger partial charge in [0.2, 0.25) is 5.91 Å². The molecule has 0 radical (unpaired) electrons. The third-order valence-corrected chi connectivity index (χ3v) is 3.09. The lowest BCUT2D eigenvalue weighted by molar-refractivity contribution is -0.124. The second-order valence-electron chi connectivity index (χ2n) is 4.54. The molecule has 1 heterocycles. The smallest absolute Gasteiger partial charge is 0.253 e. The first kappa shape index (κ1) is 13.5. The molecule has 0 unspecified atom stereocenters. The molecule has 1 aromatic rings. The van der Waals surface area contributed by atoms with E-state index >= 15 is 0 Å². The normalized spacial score (nSPS) is 18.1. The standard InChI is InChI=1S/C14H18N2O3/c1-15-13(17)9-10-4-6-11(7-5-10)16-14(18)12-3-2-8-19-12/h4-7,12H,2-3,8-9H2,1H3,(H,15,17)(H,16,18)/t12-/m1/s1. The molecule has 5 nitrogen and oxygen atoms in total. The van der Waals surface area contributed by atoms with Crippen molar-refractivity contribution in [1.29, 1.82) is 0 Å². The van der Waals surface area contributed by atoms with Crippen LogP contribution in [0.5, 0.6) is 0 Å². The summed E-state index contributed by atoms with van der Waals surface area (Å²) < 4.78 is 5.31. The number of benzene rings is 1. The highest BCUT2D eigenvalue weighted by molar-refractivity contribution is 5.94. The van der Waals surface area contributed by atoms with Gasteiger partial charge < -0.3 is 15.4 Å². The highest BCUT2D eigenvalue weighted by Gasteiger charge is 2.23. The van der Waals surface area contributed by atoms with Crippen LogP contribution in [0.1, 0.15) is 18.4 Å². The van der Waals surface area contributed by atoms with Gasteiger partial charge in [0.1, 0.15) is 6.10 Å². The minimum Gasteiger partial charge on any atom is -0.368 e. The van der Waals surface area contributed by atoms with E-state index in [0.717, 1.165) is 24.1 Å². The molecule has 0 aliphatic carbocycles. The van der Waals surface area contributed by atoms with Gasteiger partial charge in [-0.15, -0.1) is 0 Å². The third-order valence-electron chi connectivity index (χ3n) is 3.09. The summed E-state index contributed by atoms with van der Waals surface area (Å²) in [5.74, 6) is -0.132. The van der Waals surface area contributed by atoms with Crippen molar-refractivity contribution in [2.24, 2.45) is 0 Å². The van der Waals surface area contributed by atoms with Crippen LogP contribution in [0.15, 0.2) is 24.3 Å². The molecule has 2 N–H and O–H groups in total. The van der Waals surface area contributed by atoms with Crippen molar-refractivity contribution in [2.75, 3.05) is 19.0 Å². The van der Waals surface area contributed by atoms with E-state index < -0.39 is 0 Å². The maximum absolute atomic E-state index is 11.8. The zero-order valence-electron chi connectivity index (χ0n) is 10.9. The first-order valence-corrected chi connectivity index (χ1v) is 6.41. The lowest BCUT2D eigenvalue weighted by Gasteiger charge is -2.10. The zero-order chi connectivity index (χ0) is 13.7. The van der Waals surface area contributed by atoms with Gasteiger partial charge in [-0.3, -0.25) is 9.59 Å². The fraction of sp³-hybridized carbons (Fsp3) is 0.429. The Morgan fingerprint density at radius 1 is 1.32 bits per heavy atom. The lowest BCUT2D eigenvalue weighted by Crippen LogP contribution is -2.26. The Kier molecular flexibility index (Phi) is 4.52. The lowest BCUT2D eigenvalue weighted by atomic mass is 10.1. The number of ether oxygens (including phenoxy) is 1. The first-order chi connectivity index (χ1) is 9.19. The molecule has 1 atom stereocenters. The molecule has 1 aromatic carbocycles. The van der Waals surface area contributed by atoms with Gasteiger partial charge in [0.25, 0.3) is 5.91 Å². The molecule has 102 valence electrons. The zero-order valence-corrected chi connectivity index (χ0v) is 10.9. The van der Waals surface area contributed by atoms with Crippen LogP contribution in [0.2, 0.25) is 0 Å². The van der Waals surface area contributed by atoms with Gasteiger partial charge in [0.05, 0.1) is 6.42 Å². The van der Waals surface area contributed by atoms with E-state index in [2.05, 4.69) is 10.6 Å². The maximum atomic E-state index is 11.8. The molecule has 2 rings (SSSR count). The fourth-order valence-corrected chi connectivity index (χ4v) is 1.99. The summed E-state index contributed by atoms with van der Waals surface area (Å²) in [7, 11) is 1.61. The number of nitrogens with one attached hydrogen (secondary N) is 2. The number of amides is 2. The van der Waals surface area contributed by atoms with Gasteiger partial charge in [-0.05, 0) is 30.5 Å². The predicted octanol–water partition coefficient (Wildman–Crippen LogP) is 1.09. The van der Waals surface area contributed by atoms with Gasteiger partial charge in [0, 0.05) is 19.3 Å². The highest BCUT2D eigenvalue weighted by Crippen LogP contribution is 2.15. The van der Waals surface area contributed by atoms with Crippen LogP contribution >= 0.6 is 0 Å². The average molecular weight is 262 g/mol. The summed E-state index contributed by atoms with van der Waals surface area (Å²) in [5.41, 5.74) is 1.63. The molecule has 1 aliphatic heterocycles. The first-order valence-electron chi connectivity index (χ1n) is 6.41. The minimum absolute atomic E-state index is 0.0314. The van der Waals surface area contributed by atoms with E-state index in [1.807, 2.05) is 12.1 Å². The topological polar surface area (TPSA) is 67.4 Å². The maximum Gasteiger partial charge on any atom is 0.253 e. The number of carbonyl (C=O) groups excluding carboxylic acids is 2. The van der Waals surface area contributed by atoms with Crippen LogP contribution in [0.3, 0.4) is 0 Å². The number of hydrogen-bond acceptors (Lipinski definition) is 3. The molecule has 1 fully saturated rings. The van der Waals surface area contributed by atoms with Gasteiger partial charge in [0.15, 0.2) is 0 Å². The highest BCUT2D eigenvalue weighted by atomic mass is 16.5. The number of likely N-dealkylation sites (N-methyl/N-ethyl adjacent to an activating group) is 1. The van der Waals surface area contributed by atoms with Crippen molar-refractivity contribution < 1.29 is 14.3 Å². The molecule has 19 heavy (non-hydrogen) atoms. The number of rotatable bonds is 4. The molecule has 0 aromatic heterocycles. The van der Waals surface area contributed by atoms with E-state index in [4.69, 9.17) is 4.74 Å². The van der Waals surface area contributed by atoms with E-state index in [1.54, 1.807) is 19.2 Å². The van der Waals surface area contributed by atoms with E-state index in [9.17, 15) is 9.59 Å². The van der Waals surface area contributed by atoms with Crippen molar-refractivity contribution in [1.82, 2.24) is 5.32 Å². The Balaban J connectivity index is 1.91. The second kappa shape index (κ2) is 6.33. The van der Waals surface area contributed by atoms with Crippen molar-refractivity contribution >= 4 is 17.5 Å². The summed E-state index contributed by atoms with van der Waals surface area (Å²) in [4.78, 5) is 23.0. The molecule has 1 aliphatic rings. The predicted molar refractivity (Wildman–Crippen MR) is 71.8 cm³/mol. The Morgan fingerprint density at radius 2 is 2.05 bits per heavy atom. The molecule has 5 heteroatoms. The molecule has 1 saturated heterocycles. The molecular weight excluding hydrogens is 244 g/mol. The van der Waals surface area contributed by atoms with Gasteiger partial charge >= 0.3 is 0 Å². The van der Waals surface area contributed by atoms with Crippen LogP contribution in [-0.2, 0) is 20.7 Å². The van der Waals surface area contributed by atoms with Crippen LogP contribution in [0.4, 0.5) is 5.69 Å². The van der Waals surface area contributed by atoms with Crippen LogP contribution in [0, 0.1) is 0 Å². The average Bonchev–Trinajstić information content (AvgIpc) is 2.95. The number of hydrogen-bond donors (Lipinski definition) is 2. The molecular formula is C14H18N2O3. The van der Waals surface area contributed by atoms with Crippen LogP contribution in [-0.4, -0.2) is 31.6 Å². The Hall–Kier alpha value is -1.88. The monoisotopic (exact) mass is 262 g/mol. The van der Waals surface area contributed by atoms with Crippen molar-refractivity contribution in [2.45, 2.75) is 25.4 Å². The minimum atomic E-state index is -0.328. The molecule has 0 spiro atoms. The van der Waals surface area contributed by atoms with E-state index in [1.165, 1.54) is 0 Å². The Morgan fingerprint density at radius 3 is 2.63 bits per heavy atom. The van der Waals surface area contributed by atoms with Crippen LogP contribution in [0.25, 0.3) is 0 Å². The molecule has 0 bridgehead atoms. The number of carbonyl (C=O) groups is 2. The van der Waals surface area contributed by atoms with Crippen LogP contribution < -0.4 is 10.6 Å². The van der Waals surface area contributed by atoms with E-state index in [-0.39, 0.29) is 17.9 Å². The summed E-state index contributed by atoms with van der Waals surface area (Å²) >= 11 is 0. The summed E-state index contributed by atoms with van der Waals surface area (Å²) in [6.07, 6.45) is 1.73. The summed E-state index contributed by atoms with van der Waals surface area (Å²) in [6.45, 7) is 0.656. The second-order valence-corrected chi connectivity index (χ2v) is 4.54. The van der Waals surface area contributed by atoms with Gasteiger partial charge in [-0.25, -0.2) is 0 Å². The van der Waals surface area contributed by atoms with Crippen molar-refractivity contribution in [3.05, 3.63) is 29.8 Å². The fourth-order valence-electron chi connectivity index (χ4n) is 1.99. The summed E-state index contributed by atoms with van der Waals surface area (Å²) in [6, 6.07) is 7.26. The van der Waals surface area contributed by atoms with Gasteiger partial charge in [-0.2, -0.15) is 0 Å². The summed E-state index contributed by atoms with van der Waals surface area (Å²) in [5, 5.41) is 5.39. The molecule has 0 saturated carbocycles. The quantitative estimate of drug-likeness (QED) is 0.853. The number of anilines is 1. The molecule has 2 amide bonds. The SMILES string of the molecule is CNC(=O)Cc1ccc(NC(=O)[C@H]2CCCO2)cc1. The largest absolute Gasteiger partial charge is 0.368 e. The van der Waals surface area contributed by atoms with E-state index in [0.29, 0.717) is 13.0 Å². The Labute approximate surface area is 112 Å². The Bertz CT molecular complexity index is 450. The van der Waals surface area contributed by atoms with Crippen molar-refractivity contribution in [3.8, 4) is 0 Å². The third kappa shape index (κ3) is 3.79. The van der Waals surface area contributed by atoms with Gasteiger partial charge in [-0.1, -0.05) is 12.1 Å².